The quantitative estimate of drug-likeness (QED) is 0.924. The highest BCUT2D eigenvalue weighted by molar-refractivity contribution is 5.92. The zero-order chi connectivity index (χ0) is 14.8. The predicted octanol–water partition coefficient (Wildman–Crippen LogP) is 2.65. The first-order chi connectivity index (χ1) is 10.1. The standard InChI is InChI=1S/C16H17FN2O2/c17-12-3-1-11(2-4-12)14-5-6-15(21-14)16(20)19-9-7-13(18)8-10-19/h1-6,13H,7-10,18H2. The Morgan fingerprint density at radius 3 is 2.48 bits per heavy atom. The number of nitrogens with two attached hydrogens (primary N) is 1. The number of carbonyl (C=O) groups excluding carboxylic acids is 1. The summed E-state index contributed by atoms with van der Waals surface area (Å²) in [5, 5.41) is 0. The van der Waals surface area contributed by atoms with E-state index in [1.54, 1.807) is 29.2 Å². The smallest absolute Gasteiger partial charge is 0.289 e. The van der Waals surface area contributed by atoms with Crippen molar-refractivity contribution in [3.05, 3.63) is 48.0 Å². The first-order valence-corrected chi connectivity index (χ1v) is 7.04. The molecule has 110 valence electrons. The van der Waals surface area contributed by atoms with Gasteiger partial charge in [0.2, 0.25) is 0 Å². The van der Waals surface area contributed by atoms with Crippen molar-refractivity contribution >= 4 is 5.91 Å². The van der Waals surface area contributed by atoms with Gasteiger partial charge in [0, 0.05) is 24.7 Å². The molecule has 0 saturated carbocycles. The fourth-order valence-electron chi connectivity index (χ4n) is 2.48. The molecule has 0 atom stereocenters. The lowest BCUT2D eigenvalue weighted by atomic mass is 10.1. The summed E-state index contributed by atoms with van der Waals surface area (Å²) in [4.78, 5) is 14.1. The van der Waals surface area contributed by atoms with E-state index in [1.165, 1.54) is 12.1 Å². The molecule has 0 bridgehead atoms. The first-order valence-electron chi connectivity index (χ1n) is 7.04. The Balaban J connectivity index is 1.75. The van der Waals surface area contributed by atoms with Gasteiger partial charge in [-0.15, -0.1) is 0 Å². The van der Waals surface area contributed by atoms with Crippen LogP contribution in [0.5, 0.6) is 0 Å². The minimum atomic E-state index is -0.300. The summed E-state index contributed by atoms with van der Waals surface area (Å²) >= 11 is 0. The van der Waals surface area contributed by atoms with Gasteiger partial charge >= 0.3 is 0 Å². The van der Waals surface area contributed by atoms with Crippen molar-refractivity contribution in [3.63, 3.8) is 0 Å². The molecule has 0 aliphatic carbocycles. The highest BCUT2D eigenvalue weighted by Gasteiger charge is 2.23. The van der Waals surface area contributed by atoms with Gasteiger partial charge in [0.25, 0.3) is 5.91 Å². The Bertz CT molecular complexity index is 628. The van der Waals surface area contributed by atoms with E-state index in [9.17, 15) is 9.18 Å². The van der Waals surface area contributed by atoms with Crippen molar-refractivity contribution in [1.29, 1.82) is 0 Å². The van der Waals surface area contributed by atoms with Gasteiger partial charge in [0.15, 0.2) is 5.76 Å². The number of rotatable bonds is 2. The van der Waals surface area contributed by atoms with Gasteiger partial charge in [-0.3, -0.25) is 4.79 Å². The highest BCUT2D eigenvalue weighted by Crippen LogP contribution is 2.23. The molecule has 1 aromatic carbocycles. The number of benzene rings is 1. The van der Waals surface area contributed by atoms with Crippen molar-refractivity contribution in [2.45, 2.75) is 18.9 Å². The molecule has 1 aliphatic heterocycles. The van der Waals surface area contributed by atoms with Gasteiger partial charge in [-0.25, -0.2) is 4.39 Å². The van der Waals surface area contributed by atoms with E-state index in [4.69, 9.17) is 10.2 Å². The third-order valence-electron chi connectivity index (χ3n) is 3.77. The number of hydrogen-bond acceptors (Lipinski definition) is 3. The Labute approximate surface area is 122 Å². The summed E-state index contributed by atoms with van der Waals surface area (Å²) in [5.41, 5.74) is 6.58. The third-order valence-corrected chi connectivity index (χ3v) is 3.77. The number of furan rings is 1. The van der Waals surface area contributed by atoms with Gasteiger partial charge in [0.05, 0.1) is 0 Å². The van der Waals surface area contributed by atoms with Crippen LogP contribution in [-0.4, -0.2) is 29.9 Å². The van der Waals surface area contributed by atoms with Crippen LogP contribution in [0.25, 0.3) is 11.3 Å². The average Bonchev–Trinajstić information content (AvgIpc) is 2.98. The molecule has 2 N–H and O–H groups in total. The third kappa shape index (κ3) is 2.97. The van der Waals surface area contributed by atoms with Crippen molar-refractivity contribution < 1.29 is 13.6 Å². The molecule has 1 fully saturated rings. The van der Waals surface area contributed by atoms with Crippen LogP contribution in [0.2, 0.25) is 0 Å². The fourth-order valence-corrected chi connectivity index (χ4v) is 2.48. The molecule has 2 heterocycles. The minimum absolute atomic E-state index is 0.115. The first kappa shape index (κ1) is 13.8. The van der Waals surface area contributed by atoms with Crippen LogP contribution in [0.4, 0.5) is 4.39 Å². The summed E-state index contributed by atoms with van der Waals surface area (Å²) in [5.74, 6) is 0.457. The van der Waals surface area contributed by atoms with Crippen LogP contribution >= 0.6 is 0 Å². The van der Waals surface area contributed by atoms with E-state index in [0.29, 0.717) is 24.6 Å². The van der Waals surface area contributed by atoms with E-state index in [1.807, 2.05) is 0 Å². The number of carbonyl (C=O) groups is 1. The van der Waals surface area contributed by atoms with Crippen molar-refractivity contribution in [2.75, 3.05) is 13.1 Å². The predicted molar refractivity (Wildman–Crippen MR) is 77.2 cm³/mol. The maximum absolute atomic E-state index is 12.9. The number of nitrogens with zero attached hydrogens (tertiary/aromatic N) is 1. The summed E-state index contributed by atoms with van der Waals surface area (Å²) in [6, 6.07) is 9.56. The van der Waals surface area contributed by atoms with Gasteiger partial charge in [-0.1, -0.05) is 0 Å². The van der Waals surface area contributed by atoms with Crippen LogP contribution in [0, 0.1) is 5.82 Å². The fraction of sp³-hybridized carbons (Fsp3) is 0.312. The lowest BCUT2D eigenvalue weighted by Gasteiger charge is -2.29. The van der Waals surface area contributed by atoms with Gasteiger partial charge in [0.1, 0.15) is 11.6 Å². The van der Waals surface area contributed by atoms with E-state index in [0.717, 1.165) is 18.4 Å². The Morgan fingerprint density at radius 1 is 1.14 bits per heavy atom. The molecule has 3 rings (SSSR count). The molecular formula is C16H17FN2O2. The molecule has 5 heteroatoms. The molecular weight excluding hydrogens is 271 g/mol. The Morgan fingerprint density at radius 2 is 1.81 bits per heavy atom. The molecule has 1 amide bonds. The second-order valence-corrected chi connectivity index (χ2v) is 5.30. The lowest BCUT2D eigenvalue weighted by Crippen LogP contribution is -2.42. The normalized spacial score (nSPS) is 16.2. The number of amides is 1. The number of piperidine rings is 1. The molecule has 0 unspecified atom stereocenters. The second-order valence-electron chi connectivity index (χ2n) is 5.30. The van der Waals surface area contributed by atoms with E-state index in [2.05, 4.69) is 0 Å². The molecule has 2 aromatic rings. The topological polar surface area (TPSA) is 59.5 Å². The SMILES string of the molecule is NC1CCN(C(=O)c2ccc(-c3ccc(F)cc3)o2)CC1. The molecule has 1 aliphatic rings. The maximum atomic E-state index is 12.9. The zero-order valence-electron chi connectivity index (χ0n) is 11.6. The Kier molecular flexibility index (Phi) is 3.75. The summed E-state index contributed by atoms with van der Waals surface area (Å²) in [6.45, 7) is 1.32. The van der Waals surface area contributed by atoms with Crippen LogP contribution in [0.3, 0.4) is 0 Å². The molecule has 1 saturated heterocycles. The monoisotopic (exact) mass is 288 g/mol. The second kappa shape index (κ2) is 5.69. The molecule has 21 heavy (non-hydrogen) atoms. The highest BCUT2D eigenvalue weighted by atomic mass is 19.1. The van der Waals surface area contributed by atoms with Crippen molar-refractivity contribution in [1.82, 2.24) is 4.90 Å². The van der Waals surface area contributed by atoms with E-state index >= 15 is 0 Å². The van der Waals surface area contributed by atoms with Crippen LogP contribution in [0.15, 0.2) is 40.8 Å². The summed E-state index contributed by atoms with van der Waals surface area (Å²) < 4.78 is 18.5. The van der Waals surface area contributed by atoms with Gasteiger partial charge in [-0.05, 0) is 49.2 Å². The molecule has 4 nitrogen and oxygen atoms in total. The van der Waals surface area contributed by atoms with E-state index < -0.39 is 0 Å². The summed E-state index contributed by atoms with van der Waals surface area (Å²) in [7, 11) is 0. The number of halogens is 1. The van der Waals surface area contributed by atoms with Crippen molar-refractivity contribution in [2.24, 2.45) is 5.73 Å². The van der Waals surface area contributed by atoms with Crippen LogP contribution in [-0.2, 0) is 0 Å². The Hall–Kier alpha value is -2.14. The average molecular weight is 288 g/mol. The number of hydrogen-bond donors (Lipinski definition) is 1. The largest absolute Gasteiger partial charge is 0.451 e. The van der Waals surface area contributed by atoms with Gasteiger partial charge in [-0.2, -0.15) is 0 Å². The molecule has 0 radical (unpaired) electrons. The van der Waals surface area contributed by atoms with Crippen LogP contribution < -0.4 is 5.73 Å². The van der Waals surface area contributed by atoms with Crippen molar-refractivity contribution in [3.8, 4) is 11.3 Å². The molecule has 0 spiro atoms. The van der Waals surface area contributed by atoms with Gasteiger partial charge < -0.3 is 15.1 Å². The maximum Gasteiger partial charge on any atom is 0.289 e. The zero-order valence-corrected chi connectivity index (χ0v) is 11.6. The summed E-state index contributed by atoms with van der Waals surface area (Å²) in [6.07, 6.45) is 1.63. The number of likely N-dealkylation sites (tertiary alicyclic amines) is 1. The van der Waals surface area contributed by atoms with Crippen LogP contribution in [0.1, 0.15) is 23.4 Å². The minimum Gasteiger partial charge on any atom is -0.451 e. The van der Waals surface area contributed by atoms with E-state index in [-0.39, 0.29) is 17.8 Å². The molecule has 1 aromatic heterocycles. The lowest BCUT2D eigenvalue weighted by molar-refractivity contribution is 0.0683.